The Hall–Kier alpha value is -1.49. The number of aromatic nitrogens is 3. The van der Waals surface area contributed by atoms with E-state index in [1.807, 2.05) is 12.1 Å². The number of fused-ring (bicyclic) bond motifs is 1. The third-order valence-corrected chi connectivity index (χ3v) is 3.93. The first-order valence-electron chi connectivity index (χ1n) is 6.90. The number of H-pyrrole nitrogens is 1. The Bertz CT molecular complexity index is 545. The van der Waals surface area contributed by atoms with Crippen LogP contribution >= 0.6 is 12.2 Å². The molecular formula is C14H18N4S. The van der Waals surface area contributed by atoms with Gasteiger partial charge in [-0.3, -0.25) is 0 Å². The van der Waals surface area contributed by atoms with Gasteiger partial charge in [-0.15, -0.1) is 0 Å². The third-order valence-electron chi connectivity index (χ3n) is 3.61. The van der Waals surface area contributed by atoms with Crippen LogP contribution in [0.2, 0.25) is 0 Å². The predicted molar refractivity (Wildman–Crippen MR) is 80.2 cm³/mol. The molecule has 3 heterocycles. The highest BCUT2D eigenvalue weighted by atomic mass is 32.1. The molecule has 0 spiro atoms. The van der Waals surface area contributed by atoms with E-state index >= 15 is 0 Å². The van der Waals surface area contributed by atoms with Crippen LogP contribution in [0.5, 0.6) is 0 Å². The summed E-state index contributed by atoms with van der Waals surface area (Å²) in [6, 6.07) is 4.43. The lowest BCUT2D eigenvalue weighted by atomic mass is 10.1. The second kappa shape index (κ2) is 5.65. The highest BCUT2D eigenvalue weighted by molar-refractivity contribution is 7.80. The SMILES string of the molecule is S=C1CCCCC(CCc2nc3ncccc3[nH]2)N1. The van der Waals surface area contributed by atoms with Crippen molar-refractivity contribution >= 4 is 28.4 Å². The van der Waals surface area contributed by atoms with Crippen LogP contribution in [-0.4, -0.2) is 26.0 Å². The van der Waals surface area contributed by atoms with E-state index in [4.69, 9.17) is 12.2 Å². The molecule has 2 aromatic heterocycles. The van der Waals surface area contributed by atoms with Gasteiger partial charge in [-0.2, -0.15) is 0 Å². The number of pyridine rings is 1. The van der Waals surface area contributed by atoms with Crippen LogP contribution in [0.1, 0.15) is 37.9 Å². The van der Waals surface area contributed by atoms with E-state index in [2.05, 4.69) is 20.3 Å². The molecule has 1 saturated heterocycles. The molecule has 0 aromatic carbocycles. The highest BCUT2D eigenvalue weighted by Crippen LogP contribution is 2.15. The standard InChI is InChI=1S/C14H18N4S/c19-13-6-2-1-4-10(16-13)7-8-12-17-11-5-3-9-15-14(11)18-12/h3,5,9-10H,1-2,4,6-8H2,(H,16,19)(H,15,17,18). The van der Waals surface area contributed by atoms with Gasteiger partial charge in [-0.1, -0.05) is 18.6 Å². The number of nitrogens with one attached hydrogen (secondary N) is 2. The fraction of sp³-hybridized carbons (Fsp3) is 0.500. The molecule has 1 unspecified atom stereocenters. The zero-order valence-corrected chi connectivity index (χ0v) is 11.7. The van der Waals surface area contributed by atoms with Gasteiger partial charge >= 0.3 is 0 Å². The zero-order valence-electron chi connectivity index (χ0n) is 10.9. The van der Waals surface area contributed by atoms with Crippen LogP contribution in [-0.2, 0) is 6.42 Å². The largest absolute Gasteiger partial charge is 0.377 e. The van der Waals surface area contributed by atoms with Crippen molar-refractivity contribution in [2.24, 2.45) is 0 Å². The average Bonchev–Trinajstić information content (AvgIpc) is 2.72. The molecule has 0 bridgehead atoms. The number of nitrogens with zero attached hydrogens (tertiary/aromatic N) is 2. The number of imidazole rings is 1. The van der Waals surface area contributed by atoms with Gasteiger partial charge in [0.25, 0.3) is 0 Å². The van der Waals surface area contributed by atoms with Gasteiger partial charge in [0.2, 0.25) is 0 Å². The summed E-state index contributed by atoms with van der Waals surface area (Å²) < 4.78 is 0. The molecule has 2 aromatic rings. The van der Waals surface area contributed by atoms with Crippen molar-refractivity contribution in [3.05, 3.63) is 24.2 Å². The molecule has 100 valence electrons. The maximum absolute atomic E-state index is 5.31. The van der Waals surface area contributed by atoms with Gasteiger partial charge in [0.05, 0.1) is 10.5 Å². The van der Waals surface area contributed by atoms with Gasteiger partial charge < -0.3 is 10.3 Å². The van der Waals surface area contributed by atoms with Crippen LogP contribution in [0.4, 0.5) is 0 Å². The maximum Gasteiger partial charge on any atom is 0.177 e. The second-order valence-corrected chi connectivity index (χ2v) is 5.60. The van der Waals surface area contributed by atoms with Gasteiger partial charge in [-0.05, 0) is 37.8 Å². The maximum atomic E-state index is 5.31. The monoisotopic (exact) mass is 274 g/mol. The number of aryl methyl sites for hydroxylation is 1. The summed E-state index contributed by atoms with van der Waals surface area (Å²) in [7, 11) is 0. The Morgan fingerprint density at radius 2 is 2.32 bits per heavy atom. The summed E-state index contributed by atoms with van der Waals surface area (Å²) in [5.41, 5.74) is 1.82. The molecule has 4 nitrogen and oxygen atoms in total. The quantitative estimate of drug-likeness (QED) is 0.845. The van der Waals surface area contributed by atoms with Crippen molar-refractivity contribution in [1.82, 2.24) is 20.3 Å². The van der Waals surface area contributed by atoms with Crippen LogP contribution in [0.15, 0.2) is 18.3 Å². The molecular weight excluding hydrogens is 256 g/mol. The minimum Gasteiger partial charge on any atom is -0.377 e. The highest BCUT2D eigenvalue weighted by Gasteiger charge is 2.14. The summed E-state index contributed by atoms with van der Waals surface area (Å²) in [6.45, 7) is 0. The van der Waals surface area contributed by atoms with E-state index < -0.39 is 0 Å². The Morgan fingerprint density at radius 1 is 1.37 bits per heavy atom. The molecule has 1 atom stereocenters. The van der Waals surface area contributed by atoms with Crippen molar-refractivity contribution in [3.63, 3.8) is 0 Å². The Balaban J connectivity index is 1.63. The van der Waals surface area contributed by atoms with E-state index in [1.165, 1.54) is 19.3 Å². The molecule has 0 radical (unpaired) electrons. The number of hydrogen-bond acceptors (Lipinski definition) is 3. The van der Waals surface area contributed by atoms with Crippen LogP contribution < -0.4 is 5.32 Å². The minimum absolute atomic E-state index is 0.496. The van der Waals surface area contributed by atoms with Crippen LogP contribution in [0.3, 0.4) is 0 Å². The van der Waals surface area contributed by atoms with Crippen molar-refractivity contribution in [1.29, 1.82) is 0 Å². The van der Waals surface area contributed by atoms with E-state index in [-0.39, 0.29) is 0 Å². The van der Waals surface area contributed by atoms with E-state index in [9.17, 15) is 0 Å². The van der Waals surface area contributed by atoms with Crippen molar-refractivity contribution in [2.75, 3.05) is 0 Å². The van der Waals surface area contributed by atoms with E-state index in [0.717, 1.165) is 41.2 Å². The molecule has 0 amide bonds. The zero-order chi connectivity index (χ0) is 13.1. The first-order valence-corrected chi connectivity index (χ1v) is 7.31. The predicted octanol–water partition coefficient (Wildman–Crippen LogP) is 2.75. The van der Waals surface area contributed by atoms with E-state index in [1.54, 1.807) is 6.20 Å². The first kappa shape index (κ1) is 12.5. The molecule has 19 heavy (non-hydrogen) atoms. The number of aromatic amines is 1. The average molecular weight is 274 g/mol. The number of hydrogen-bond donors (Lipinski definition) is 2. The Morgan fingerprint density at radius 3 is 3.21 bits per heavy atom. The molecule has 0 saturated carbocycles. The first-order chi connectivity index (χ1) is 9.31. The number of rotatable bonds is 3. The topological polar surface area (TPSA) is 53.6 Å². The summed E-state index contributed by atoms with van der Waals surface area (Å²) in [5, 5.41) is 3.46. The number of thiocarbonyl (C=S) groups is 1. The van der Waals surface area contributed by atoms with Gasteiger partial charge in [0, 0.05) is 18.7 Å². The Labute approximate surface area is 118 Å². The van der Waals surface area contributed by atoms with E-state index in [0.29, 0.717) is 6.04 Å². The molecule has 1 fully saturated rings. The molecule has 3 rings (SSSR count). The van der Waals surface area contributed by atoms with Gasteiger partial charge in [0.15, 0.2) is 5.65 Å². The minimum atomic E-state index is 0.496. The summed E-state index contributed by atoms with van der Waals surface area (Å²) >= 11 is 5.31. The third kappa shape index (κ3) is 3.10. The van der Waals surface area contributed by atoms with Crippen LogP contribution in [0.25, 0.3) is 11.2 Å². The molecule has 5 heteroatoms. The summed E-state index contributed by atoms with van der Waals surface area (Å²) in [5.74, 6) is 1.02. The lowest BCUT2D eigenvalue weighted by Crippen LogP contribution is -2.32. The summed E-state index contributed by atoms with van der Waals surface area (Å²) in [6.07, 6.45) is 8.52. The van der Waals surface area contributed by atoms with Crippen molar-refractivity contribution in [2.45, 2.75) is 44.6 Å². The summed E-state index contributed by atoms with van der Waals surface area (Å²) in [4.78, 5) is 13.1. The second-order valence-electron chi connectivity index (χ2n) is 5.11. The molecule has 1 aliphatic rings. The fourth-order valence-electron chi connectivity index (χ4n) is 2.59. The lowest BCUT2D eigenvalue weighted by Gasteiger charge is -2.16. The van der Waals surface area contributed by atoms with Crippen molar-refractivity contribution < 1.29 is 0 Å². The normalized spacial score (nSPS) is 20.2. The van der Waals surface area contributed by atoms with Crippen molar-refractivity contribution in [3.8, 4) is 0 Å². The molecule has 1 aliphatic heterocycles. The Kier molecular flexibility index (Phi) is 3.73. The molecule has 2 N–H and O–H groups in total. The van der Waals surface area contributed by atoms with Gasteiger partial charge in [0.1, 0.15) is 5.82 Å². The molecule has 0 aliphatic carbocycles. The fourth-order valence-corrected chi connectivity index (χ4v) is 2.90. The van der Waals surface area contributed by atoms with Crippen LogP contribution in [0, 0.1) is 0 Å². The smallest absolute Gasteiger partial charge is 0.177 e. The lowest BCUT2D eigenvalue weighted by molar-refractivity contribution is 0.513. The van der Waals surface area contributed by atoms with Gasteiger partial charge in [-0.25, -0.2) is 9.97 Å².